The second-order valence-corrected chi connectivity index (χ2v) is 5.67. The number of anilines is 1. The van der Waals surface area contributed by atoms with Gasteiger partial charge in [-0.2, -0.15) is 0 Å². The topological polar surface area (TPSA) is 94.0 Å². The van der Waals surface area contributed by atoms with Crippen LogP contribution in [0.15, 0.2) is 48.7 Å². The van der Waals surface area contributed by atoms with Crippen molar-refractivity contribution in [1.29, 1.82) is 0 Å². The lowest BCUT2D eigenvalue weighted by molar-refractivity contribution is 0.0926. The standard InChI is InChI=1S/C19H20N4O4/c1-26-12-10-20-19(25)17-22-16(15-5-3-4-11-23(15)17)18(24)21-13-6-8-14(27-2)9-7-13/h3-9,11H,10,12H2,1-2H3,(H,20,25)(H,21,24). The number of rotatable bonds is 7. The van der Waals surface area contributed by atoms with Crippen LogP contribution in [0, 0.1) is 0 Å². The van der Waals surface area contributed by atoms with Crippen molar-refractivity contribution in [2.75, 3.05) is 32.7 Å². The number of hydrogen-bond acceptors (Lipinski definition) is 5. The Kier molecular flexibility index (Phi) is 5.68. The molecule has 2 heterocycles. The van der Waals surface area contributed by atoms with E-state index in [9.17, 15) is 9.59 Å². The summed E-state index contributed by atoms with van der Waals surface area (Å²) in [4.78, 5) is 29.4. The molecule has 3 rings (SSSR count). The van der Waals surface area contributed by atoms with E-state index in [1.54, 1.807) is 67.3 Å². The highest BCUT2D eigenvalue weighted by Gasteiger charge is 2.21. The van der Waals surface area contributed by atoms with E-state index in [1.165, 1.54) is 0 Å². The van der Waals surface area contributed by atoms with E-state index < -0.39 is 5.91 Å². The molecule has 0 radical (unpaired) electrons. The fourth-order valence-electron chi connectivity index (χ4n) is 2.58. The molecule has 3 aromatic rings. The van der Waals surface area contributed by atoms with Crippen molar-refractivity contribution in [3.8, 4) is 5.75 Å². The second kappa shape index (κ2) is 8.33. The summed E-state index contributed by atoms with van der Waals surface area (Å²) in [5, 5.41) is 5.50. The van der Waals surface area contributed by atoms with Gasteiger partial charge in [0.15, 0.2) is 5.69 Å². The normalized spacial score (nSPS) is 10.6. The molecular formula is C19H20N4O4. The number of hydrogen-bond donors (Lipinski definition) is 2. The summed E-state index contributed by atoms with van der Waals surface area (Å²) in [7, 11) is 3.13. The average molecular weight is 368 g/mol. The Balaban J connectivity index is 1.87. The molecule has 2 N–H and O–H groups in total. The first kappa shape index (κ1) is 18.4. The van der Waals surface area contributed by atoms with Gasteiger partial charge in [0.25, 0.3) is 11.8 Å². The Morgan fingerprint density at radius 2 is 1.85 bits per heavy atom. The Morgan fingerprint density at radius 1 is 1.07 bits per heavy atom. The van der Waals surface area contributed by atoms with Crippen LogP contribution in [-0.4, -0.2) is 48.6 Å². The molecule has 2 amide bonds. The van der Waals surface area contributed by atoms with Crippen LogP contribution in [0.5, 0.6) is 5.75 Å². The highest BCUT2D eigenvalue weighted by Crippen LogP contribution is 2.18. The second-order valence-electron chi connectivity index (χ2n) is 5.67. The fraction of sp³-hybridized carbons (Fsp3) is 0.211. The number of ether oxygens (including phenoxy) is 2. The van der Waals surface area contributed by atoms with Crippen molar-refractivity contribution in [3.05, 3.63) is 60.2 Å². The summed E-state index contributed by atoms with van der Waals surface area (Å²) in [6.07, 6.45) is 1.69. The minimum atomic E-state index is -0.403. The van der Waals surface area contributed by atoms with Crippen LogP contribution in [0.3, 0.4) is 0 Å². The molecule has 0 aliphatic rings. The predicted octanol–water partition coefficient (Wildman–Crippen LogP) is 1.97. The highest BCUT2D eigenvalue weighted by molar-refractivity contribution is 6.08. The third-order valence-corrected chi connectivity index (χ3v) is 3.91. The fourth-order valence-corrected chi connectivity index (χ4v) is 2.58. The van der Waals surface area contributed by atoms with Gasteiger partial charge in [0.2, 0.25) is 5.82 Å². The SMILES string of the molecule is COCCNC(=O)c1nc(C(=O)Nc2ccc(OC)cc2)c2ccccn12. The van der Waals surface area contributed by atoms with E-state index in [4.69, 9.17) is 9.47 Å². The summed E-state index contributed by atoms with van der Waals surface area (Å²) in [6.45, 7) is 0.740. The molecule has 2 aromatic heterocycles. The van der Waals surface area contributed by atoms with E-state index in [0.29, 0.717) is 30.1 Å². The first-order chi connectivity index (χ1) is 13.1. The number of fused-ring (bicyclic) bond motifs is 1. The zero-order valence-corrected chi connectivity index (χ0v) is 15.1. The molecule has 1 aromatic carbocycles. The van der Waals surface area contributed by atoms with Crippen molar-refractivity contribution in [2.24, 2.45) is 0 Å². The maximum Gasteiger partial charge on any atom is 0.287 e. The third kappa shape index (κ3) is 4.06. The maximum absolute atomic E-state index is 12.7. The lowest BCUT2D eigenvalue weighted by Gasteiger charge is -2.05. The highest BCUT2D eigenvalue weighted by atomic mass is 16.5. The van der Waals surface area contributed by atoms with Crippen molar-refractivity contribution in [2.45, 2.75) is 0 Å². The van der Waals surface area contributed by atoms with Gasteiger partial charge in [-0.15, -0.1) is 0 Å². The molecule has 0 bridgehead atoms. The first-order valence-corrected chi connectivity index (χ1v) is 8.33. The average Bonchev–Trinajstić information content (AvgIpc) is 3.09. The number of imidazole rings is 1. The van der Waals surface area contributed by atoms with E-state index in [0.717, 1.165) is 0 Å². The molecule has 0 unspecified atom stereocenters. The van der Waals surface area contributed by atoms with Gasteiger partial charge in [-0.3, -0.25) is 14.0 Å². The molecule has 0 aliphatic heterocycles. The van der Waals surface area contributed by atoms with Gasteiger partial charge in [0.05, 0.1) is 19.2 Å². The summed E-state index contributed by atoms with van der Waals surface area (Å²) < 4.78 is 11.6. The van der Waals surface area contributed by atoms with E-state index in [1.807, 2.05) is 0 Å². The maximum atomic E-state index is 12.7. The quantitative estimate of drug-likeness (QED) is 0.622. The van der Waals surface area contributed by atoms with Crippen LogP contribution in [-0.2, 0) is 4.74 Å². The number of amides is 2. The number of nitrogens with zero attached hydrogens (tertiary/aromatic N) is 2. The zero-order chi connectivity index (χ0) is 19.2. The predicted molar refractivity (Wildman–Crippen MR) is 100 cm³/mol. The van der Waals surface area contributed by atoms with Crippen molar-refractivity contribution in [3.63, 3.8) is 0 Å². The molecule has 8 heteroatoms. The molecule has 0 fully saturated rings. The van der Waals surface area contributed by atoms with Gasteiger partial charge in [0.1, 0.15) is 5.75 Å². The van der Waals surface area contributed by atoms with Gasteiger partial charge >= 0.3 is 0 Å². The van der Waals surface area contributed by atoms with Gasteiger partial charge in [-0.1, -0.05) is 6.07 Å². The third-order valence-electron chi connectivity index (χ3n) is 3.91. The van der Waals surface area contributed by atoms with E-state index in [-0.39, 0.29) is 17.4 Å². The molecule has 27 heavy (non-hydrogen) atoms. The Hall–Kier alpha value is -3.39. The monoisotopic (exact) mass is 368 g/mol. The summed E-state index contributed by atoms with van der Waals surface area (Å²) >= 11 is 0. The molecule has 140 valence electrons. The Morgan fingerprint density at radius 3 is 2.56 bits per heavy atom. The van der Waals surface area contributed by atoms with Crippen molar-refractivity contribution in [1.82, 2.24) is 14.7 Å². The molecule has 0 spiro atoms. The minimum Gasteiger partial charge on any atom is -0.497 e. The Bertz CT molecular complexity index is 950. The van der Waals surface area contributed by atoms with Crippen LogP contribution in [0.4, 0.5) is 5.69 Å². The number of nitrogens with one attached hydrogen (secondary N) is 2. The molecule has 0 saturated carbocycles. The molecule has 0 saturated heterocycles. The number of aromatic nitrogens is 2. The van der Waals surface area contributed by atoms with E-state index in [2.05, 4.69) is 15.6 Å². The van der Waals surface area contributed by atoms with Crippen LogP contribution in [0.25, 0.3) is 5.52 Å². The summed E-state index contributed by atoms with van der Waals surface area (Å²) in [5.41, 5.74) is 1.31. The van der Waals surface area contributed by atoms with Crippen LogP contribution < -0.4 is 15.4 Å². The van der Waals surface area contributed by atoms with Crippen LogP contribution >= 0.6 is 0 Å². The lowest BCUT2D eigenvalue weighted by atomic mass is 10.2. The zero-order valence-electron chi connectivity index (χ0n) is 15.1. The molecule has 0 atom stereocenters. The molecule has 0 aliphatic carbocycles. The van der Waals surface area contributed by atoms with Crippen LogP contribution in [0.2, 0.25) is 0 Å². The largest absolute Gasteiger partial charge is 0.497 e. The van der Waals surface area contributed by atoms with Gasteiger partial charge in [-0.25, -0.2) is 4.98 Å². The Labute approximate surface area is 156 Å². The van der Waals surface area contributed by atoms with Crippen molar-refractivity contribution < 1.29 is 19.1 Å². The number of pyridine rings is 1. The molecular weight excluding hydrogens is 348 g/mol. The van der Waals surface area contributed by atoms with E-state index >= 15 is 0 Å². The minimum absolute atomic E-state index is 0.140. The van der Waals surface area contributed by atoms with Gasteiger partial charge in [0, 0.05) is 25.5 Å². The lowest BCUT2D eigenvalue weighted by Crippen LogP contribution is -2.28. The van der Waals surface area contributed by atoms with Gasteiger partial charge in [-0.05, 0) is 36.4 Å². The number of carbonyl (C=O) groups is 2. The van der Waals surface area contributed by atoms with Gasteiger partial charge < -0.3 is 20.1 Å². The number of methoxy groups -OCH3 is 2. The van der Waals surface area contributed by atoms with Crippen LogP contribution in [0.1, 0.15) is 21.1 Å². The molecule has 8 nitrogen and oxygen atoms in total. The first-order valence-electron chi connectivity index (χ1n) is 8.33. The summed E-state index contributed by atoms with van der Waals surface area (Å²) in [6, 6.07) is 12.2. The number of benzene rings is 1. The summed E-state index contributed by atoms with van der Waals surface area (Å²) in [5.74, 6) is 0.0496. The smallest absolute Gasteiger partial charge is 0.287 e. The number of carbonyl (C=O) groups excluding carboxylic acids is 2. The van der Waals surface area contributed by atoms with Crippen molar-refractivity contribution >= 4 is 23.0 Å².